The molecule has 1 saturated carbocycles. The summed E-state index contributed by atoms with van der Waals surface area (Å²) in [6, 6.07) is 8.84. The van der Waals surface area contributed by atoms with Crippen LogP contribution in [0.3, 0.4) is 0 Å². The van der Waals surface area contributed by atoms with Gasteiger partial charge in [0, 0.05) is 32.2 Å². The normalized spacial score (nSPS) is 26.7. The molecule has 28 heavy (non-hydrogen) atoms. The van der Waals surface area contributed by atoms with Gasteiger partial charge < -0.3 is 19.9 Å². The second-order valence-corrected chi connectivity index (χ2v) is 7.82. The van der Waals surface area contributed by atoms with Crippen molar-refractivity contribution < 1.29 is 9.53 Å². The standard InChI is InChI=1S/C21H31N3O2.2ClH/c1-2-26-20-10-6-5-9-19(20)23-11-13-24(14-12-23)21(25)18-15-16-7-3-4-8-17(16)22-18;;/h5-6,9-10,16-18,22H,2-4,7-8,11-15H2,1H3;2*1H. The summed E-state index contributed by atoms with van der Waals surface area (Å²) in [6.45, 7) is 6.02. The van der Waals surface area contributed by atoms with Gasteiger partial charge in [-0.1, -0.05) is 25.0 Å². The maximum absolute atomic E-state index is 13.0. The monoisotopic (exact) mass is 429 g/mol. The van der Waals surface area contributed by atoms with Crippen LogP contribution in [0.1, 0.15) is 39.0 Å². The predicted molar refractivity (Wildman–Crippen MR) is 118 cm³/mol. The number of nitrogens with one attached hydrogen (secondary N) is 1. The third-order valence-corrected chi connectivity index (χ3v) is 6.26. The first-order chi connectivity index (χ1) is 12.8. The van der Waals surface area contributed by atoms with E-state index in [9.17, 15) is 4.79 Å². The van der Waals surface area contributed by atoms with Crippen LogP contribution in [0, 0.1) is 5.92 Å². The Hall–Kier alpha value is -1.17. The number of amides is 1. The summed E-state index contributed by atoms with van der Waals surface area (Å²) in [5, 5.41) is 3.63. The number of anilines is 1. The maximum Gasteiger partial charge on any atom is 0.239 e. The number of rotatable bonds is 4. The second kappa shape index (κ2) is 10.6. The van der Waals surface area contributed by atoms with Crippen molar-refractivity contribution in [3.63, 3.8) is 0 Å². The third kappa shape index (κ3) is 4.87. The molecular weight excluding hydrogens is 397 g/mol. The molecule has 0 spiro atoms. The number of benzene rings is 1. The van der Waals surface area contributed by atoms with Crippen LogP contribution in [-0.4, -0.2) is 55.7 Å². The molecule has 2 heterocycles. The molecule has 3 fully saturated rings. The lowest BCUT2D eigenvalue weighted by Crippen LogP contribution is -2.53. The summed E-state index contributed by atoms with van der Waals surface area (Å²) in [4.78, 5) is 17.4. The SMILES string of the molecule is CCOc1ccccc1N1CCN(C(=O)C2CC3CCCCC3N2)CC1.Cl.Cl. The average molecular weight is 430 g/mol. The lowest BCUT2D eigenvalue weighted by molar-refractivity contribution is -0.133. The van der Waals surface area contributed by atoms with Crippen LogP contribution in [0.15, 0.2) is 24.3 Å². The molecule has 4 rings (SSSR count). The molecule has 1 amide bonds. The second-order valence-electron chi connectivity index (χ2n) is 7.82. The molecule has 1 aromatic rings. The van der Waals surface area contributed by atoms with Crippen molar-refractivity contribution in [2.45, 2.75) is 51.1 Å². The molecule has 2 aliphatic heterocycles. The number of nitrogens with zero attached hydrogens (tertiary/aromatic N) is 2. The van der Waals surface area contributed by atoms with E-state index in [1.807, 2.05) is 19.1 Å². The summed E-state index contributed by atoms with van der Waals surface area (Å²) in [6.07, 6.45) is 6.23. The molecular formula is C21H33Cl2N3O2. The molecule has 2 saturated heterocycles. The third-order valence-electron chi connectivity index (χ3n) is 6.26. The highest BCUT2D eigenvalue weighted by molar-refractivity contribution is 5.85. The summed E-state index contributed by atoms with van der Waals surface area (Å²) in [5.74, 6) is 1.98. The van der Waals surface area contributed by atoms with Crippen LogP contribution in [0.5, 0.6) is 5.75 Å². The van der Waals surface area contributed by atoms with Crippen molar-refractivity contribution in [2.24, 2.45) is 5.92 Å². The van der Waals surface area contributed by atoms with Gasteiger partial charge in [0.25, 0.3) is 0 Å². The topological polar surface area (TPSA) is 44.8 Å². The fraction of sp³-hybridized carbons (Fsp3) is 0.667. The zero-order valence-electron chi connectivity index (χ0n) is 16.6. The van der Waals surface area contributed by atoms with Crippen LogP contribution in [0.2, 0.25) is 0 Å². The average Bonchev–Trinajstić information content (AvgIpc) is 3.12. The summed E-state index contributed by atoms with van der Waals surface area (Å²) < 4.78 is 5.77. The molecule has 3 aliphatic rings. The molecule has 1 aromatic carbocycles. The molecule has 1 N–H and O–H groups in total. The van der Waals surface area contributed by atoms with Gasteiger partial charge >= 0.3 is 0 Å². The first kappa shape index (κ1) is 23.1. The Morgan fingerprint density at radius 3 is 2.54 bits per heavy atom. The van der Waals surface area contributed by atoms with Gasteiger partial charge in [0.15, 0.2) is 0 Å². The summed E-state index contributed by atoms with van der Waals surface area (Å²) in [7, 11) is 0. The molecule has 5 nitrogen and oxygen atoms in total. The first-order valence-corrected chi connectivity index (χ1v) is 10.3. The van der Waals surface area contributed by atoms with Gasteiger partial charge in [-0.3, -0.25) is 4.79 Å². The predicted octanol–water partition coefficient (Wildman–Crippen LogP) is 3.50. The van der Waals surface area contributed by atoms with Gasteiger partial charge in [0.05, 0.1) is 18.3 Å². The van der Waals surface area contributed by atoms with E-state index in [2.05, 4.69) is 27.2 Å². The maximum atomic E-state index is 13.0. The van der Waals surface area contributed by atoms with E-state index in [0.717, 1.165) is 50.0 Å². The Morgan fingerprint density at radius 1 is 1.11 bits per heavy atom. The number of hydrogen-bond acceptors (Lipinski definition) is 4. The van der Waals surface area contributed by atoms with Gasteiger partial charge in [0.2, 0.25) is 5.91 Å². The number of hydrogen-bond donors (Lipinski definition) is 1. The van der Waals surface area contributed by atoms with E-state index in [-0.39, 0.29) is 30.9 Å². The van der Waals surface area contributed by atoms with Crippen molar-refractivity contribution >= 4 is 36.4 Å². The van der Waals surface area contributed by atoms with E-state index in [0.29, 0.717) is 18.6 Å². The quantitative estimate of drug-likeness (QED) is 0.795. The van der Waals surface area contributed by atoms with Gasteiger partial charge in [0.1, 0.15) is 5.75 Å². The number of para-hydroxylation sites is 2. The van der Waals surface area contributed by atoms with Crippen LogP contribution >= 0.6 is 24.8 Å². The molecule has 3 unspecified atom stereocenters. The van der Waals surface area contributed by atoms with Gasteiger partial charge in [-0.05, 0) is 44.2 Å². The van der Waals surface area contributed by atoms with Crippen molar-refractivity contribution in [1.82, 2.24) is 10.2 Å². The van der Waals surface area contributed by atoms with Crippen molar-refractivity contribution in [1.29, 1.82) is 0 Å². The van der Waals surface area contributed by atoms with Crippen LogP contribution in [0.25, 0.3) is 0 Å². The zero-order chi connectivity index (χ0) is 17.9. The Bertz CT molecular complexity index is 624. The van der Waals surface area contributed by atoms with E-state index < -0.39 is 0 Å². The minimum Gasteiger partial charge on any atom is -0.492 e. The number of carbonyl (C=O) groups is 1. The smallest absolute Gasteiger partial charge is 0.239 e. The number of piperazine rings is 1. The fourth-order valence-corrected chi connectivity index (χ4v) is 4.89. The Kier molecular flexibility index (Phi) is 8.72. The molecule has 7 heteroatoms. The number of fused-ring (bicyclic) bond motifs is 1. The molecule has 3 atom stereocenters. The highest BCUT2D eigenvalue weighted by Crippen LogP contribution is 2.34. The number of ether oxygens (including phenoxy) is 1. The van der Waals surface area contributed by atoms with Crippen LogP contribution < -0.4 is 15.0 Å². The van der Waals surface area contributed by atoms with Crippen LogP contribution in [-0.2, 0) is 4.79 Å². The lowest BCUT2D eigenvalue weighted by atomic mass is 9.85. The molecule has 158 valence electrons. The van der Waals surface area contributed by atoms with Crippen LogP contribution in [0.4, 0.5) is 5.69 Å². The lowest BCUT2D eigenvalue weighted by Gasteiger charge is -2.37. The molecule has 0 bridgehead atoms. The highest BCUT2D eigenvalue weighted by atomic mass is 35.5. The minimum atomic E-state index is 0. The number of halogens is 2. The zero-order valence-corrected chi connectivity index (χ0v) is 18.3. The summed E-state index contributed by atoms with van der Waals surface area (Å²) in [5.41, 5.74) is 1.14. The van der Waals surface area contributed by atoms with Gasteiger partial charge in [-0.2, -0.15) is 0 Å². The van der Waals surface area contributed by atoms with E-state index in [4.69, 9.17) is 4.74 Å². The van der Waals surface area contributed by atoms with Gasteiger partial charge in [-0.15, -0.1) is 24.8 Å². The minimum absolute atomic E-state index is 0. The van der Waals surface area contributed by atoms with Crippen molar-refractivity contribution in [3.8, 4) is 5.75 Å². The van der Waals surface area contributed by atoms with E-state index >= 15 is 0 Å². The van der Waals surface area contributed by atoms with Crippen molar-refractivity contribution in [2.75, 3.05) is 37.7 Å². The largest absolute Gasteiger partial charge is 0.492 e. The first-order valence-electron chi connectivity index (χ1n) is 10.3. The molecule has 1 aliphatic carbocycles. The number of carbonyl (C=O) groups excluding carboxylic acids is 1. The van der Waals surface area contributed by atoms with E-state index in [1.54, 1.807) is 0 Å². The summed E-state index contributed by atoms with van der Waals surface area (Å²) >= 11 is 0. The highest BCUT2D eigenvalue weighted by Gasteiger charge is 2.40. The van der Waals surface area contributed by atoms with E-state index in [1.165, 1.54) is 25.7 Å². The fourth-order valence-electron chi connectivity index (χ4n) is 4.89. The Morgan fingerprint density at radius 2 is 1.82 bits per heavy atom. The van der Waals surface area contributed by atoms with Gasteiger partial charge in [-0.25, -0.2) is 0 Å². The molecule has 0 aromatic heterocycles. The Balaban J connectivity index is 0.00000140. The van der Waals surface area contributed by atoms with Crippen molar-refractivity contribution in [3.05, 3.63) is 24.3 Å². The molecule has 0 radical (unpaired) electrons. The Labute approximate surface area is 181 Å².